The summed E-state index contributed by atoms with van der Waals surface area (Å²) in [5.74, 6) is 0.102. The molecule has 0 aliphatic carbocycles. The fourth-order valence-electron chi connectivity index (χ4n) is 2.91. The van der Waals surface area contributed by atoms with Crippen LogP contribution in [0.2, 0.25) is 0 Å². The maximum absolute atomic E-state index is 11.9. The fourth-order valence-corrected chi connectivity index (χ4v) is 3.77. The Morgan fingerprint density at radius 1 is 1.38 bits per heavy atom. The molecule has 3 heterocycles. The van der Waals surface area contributed by atoms with Gasteiger partial charge in [0.1, 0.15) is 17.5 Å². The molecular formula is C23H26FN6OS+. The number of halogens is 1. The van der Waals surface area contributed by atoms with Crippen LogP contribution >= 0.6 is 11.3 Å². The van der Waals surface area contributed by atoms with E-state index in [9.17, 15) is 9.50 Å². The molecular weight excluding hydrogens is 427 g/mol. The standard InChI is InChI=1S/C17H15N5OS.C4H8FN.C2H2/c1-10-16(24-17(19-3)22-10)7-14(18-2)13-5-4-11(6-15(13)23)12-8-20-21-9-12;5-4-1-2-6-3-4;1-2/h2,4-9H,1,3H3,(H2-,19,20,21,22,23);4,6H,1-3H2;1-2H/p+1/b14-7-;;/t;4-;/m.1./s1. The Labute approximate surface area is 191 Å². The van der Waals surface area contributed by atoms with E-state index in [2.05, 4.69) is 43.5 Å². The lowest BCUT2D eigenvalue weighted by molar-refractivity contribution is 0.361. The summed E-state index contributed by atoms with van der Waals surface area (Å²) in [4.78, 5) is 9.14. The van der Waals surface area contributed by atoms with Crippen LogP contribution in [0.4, 0.5) is 9.52 Å². The summed E-state index contributed by atoms with van der Waals surface area (Å²) in [5.41, 5.74) is 3.67. The number of hydrogen-bond acceptors (Lipinski definition) is 6. The molecule has 1 aliphatic rings. The molecule has 0 bridgehead atoms. The molecule has 4 N–H and O–H groups in total. The van der Waals surface area contributed by atoms with Crippen LogP contribution in [0.25, 0.3) is 27.7 Å². The molecule has 1 saturated heterocycles. The SMILES string of the molecule is C#C.C#[N+]/C(=C\c1sc(NC)nc1C)c1ccc(-c2cn[nH]c2)cc1O.F[C@@H]1CCNC1. The van der Waals surface area contributed by atoms with Crippen molar-refractivity contribution in [2.45, 2.75) is 19.5 Å². The Hall–Kier alpha value is -3.66. The number of anilines is 1. The van der Waals surface area contributed by atoms with Gasteiger partial charge in [0.15, 0.2) is 5.13 Å². The molecule has 1 fully saturated rings. The van der Waals surface area contributed by atoms with E-state index in [4.69, 9.17) is 6.57 Å². The first-order valence-electron chi connectivity index (χ1n) is 9.80. The Balaban J connectivity index is 0.000000387. The van der Waals surface area contributed by atoms with Crippen molar-refractivity contribution in [3.63, 3.8) is 0 Å². The Morgan fingerprint density at radius 2 is 2.16 bits per heavy atom. The number of terminal acetylenes is 1. The lowest BCUT2D eigenvalue weighted by atomic mass is 10.0. The van der Waals surface area contributed by atoms with Crippen molar-refractivity contribution in [2.24, 2.45) is 0 Å². The van der Waals surface area contributed by atoms with Gasteiger partial charge in [-0.2, -0.15) is 5.10 Å². The quantitative estimate of drug-likeness (QED) is 0.433. The fraction of sp³-hybridized carbons (Fsp3) is 0.261. The van der Waals surface area contributed by atoms with Crippen molar-refractivity contribution < 1.29 is 9.50 Å². The van der Waals surface area contributed by atoms with Crippen molar-refractivity contribution >= 4 is 28.2 Å². The highest BCUT2D eigenvalue weighted by Crippen LogP contribution is 2.34. The van der Waals surface area contributed by atoms with E-state index in [0.717, 1.165) is 33.4 Å². The minimum Gasteiger partial charge on any atom is -0.507 e. The summed E-state index contributed by atoms with van der Waals surface area (Å²) in [6.07, 6.45) is 13.4. The van der Waals surface area contributed by atoms with Gasteiger partial charge in [0, 0.05) is 31.4 Å². The molecule has 4 rings (SSSR count). The first kappa shape index (κ1) is 24.6. The van der Waals surface area contributed by atoms with Gasteiger partial charge in [0.05, 0.1) is 16.8 Å². The van der Waals surface area contributed by atoms with E-state index < -0.39 is 6.17 Å². The number of H-pyrrole nitrogens is 1. The van der Waals surface area contributed by atoms with Crippen LogP contribution in [-0.2, 0) is 0 Å². The van der Waals surface area contributed by atoms with E-state index in [1.807, 2.05) is 26.1 Å². The zero-order valence-corrected chi connectivity index (χ0v) is 18.8. The van der Waals surface area contributed by atoms with Gasteiger partial charge in [-0.3, -0.25) is 5.10 Å². The molecule has 166 valence electrons. The number of aromatic nitrogens is 3. The number of alkyl halides is 1. The third-order valence-corrected chi connectivity index (χ3v) is 5.68. The highest BCUT2D eigenvalue weighted by atomic mass is 32.1. The molecule has 32 heavy (non-hydrogen) atoms. The second-order valence-corrected chi connectivity index (χ2v) is 7.72. The molecule has 0 saturated carbocycles. The number of aryl methyl sites for hydroxylation is 1. The molecule has 2 aromatic heterocycles. The van der Waals surface area contributed by atoms with E-state index >= 15 is 0 Å². The minimum absolute atomic E-state index is 0.102. The normalized spacial score (nSPS) is 15.0. The van der Waals surface area contributed by atoms with Gasteiger partial charge in [-0.15, -0.1) is 12.8 Å². The first-order valence-corrected chi connectivity index (χ1v) is 10.6. The first-order chi connectivity index (χ1) is 15.5. The van der Waals surface area contributed by atoms with Gasteiger partial charge >= 0.3 is 5.70 Å². The second kappa shape index (κ2) is 12.3. The molecule has 0 unspecified atom stereocenters. The van der Waals surface area contributed by atoms with E-state index in [1.54, 1.807) is 24.5 Å². The number of benzene rings is 1. The monoisotopic (exact) mass is 453 g/mol. The van der Waals surface area contributed by atoms with Crippen molar-refractivity contribution in [1.29, 1.82) is 0 Å². The molecule has 0 amide bonds. The van der Waals surface area contributed by atoms with Crippen molar-refractivity contribution in [3.05, 3.63) is 51.6 Å². The number of thiazole rings is 1. The number of phenolic OH excluding ortho intramolecular Hbond substituents is 1. The number of rotatable bonds is 4. The van der Waals surface area contributed by atoms with Gasteiger partial charge in [-0.1, -0.05) is 17.4 Å². The summed E-state index contributed by atoms with van der Waals surface area (Å²) < 4.78 is 11.9. The summed E-state index contributed by atoms with van der Waals surface area (Å²) >= 11 is 1.50. The Morgan fingerprint density at radius 3 is 2.62 bits per heavy atom. The van der Waals surface area contributed by atoms with Crippen molar-refractivity contribution in [1.82, 2.24) is 20.5 Å². The number of aromatic amines is 1. The zero-order valence-electron chi connectivity index (χ0n) is 18.0. The highest BCUT2D eigenvalue weighted by Gasteiger charge is 2.19. The van der Waals surface area contributed by atoms with Crippen LogP contribution in [0.15, 0.2) is 30.6 Å². The van der Waals surface area contributed by atoms with Gasteiger partial charge in [0.2, 0.25) is 0 Å². The molecule has 9 heteroatoms. The molecule has 1 aliphatic heterocycles. The largest absolute Gasteiger partial charge is 0.507 e. The van der Waals surface area contributed by atoms with Crippen LogP contribution in [-0.4, -0.2) is 46.6 Å². The van der Waals surface area contributed by atoms with Gasteiger partial charge in [0.25, 0.3) is 6.57 Å². The third-order valence-electron chi connectivity index (χ3n) is 4.56. The molecule has 1 atom stereocenters. The topological polar surface area (TPSA) is 90.2 Å². The number of nitrogens with one attached hydrogen (secondary N) is 3. The maximum atomic E-state index is 11.9. The summed E-state index contributed by atoms with van der Waals surface area (Å²) in [7, 11) is 1.82. The molecule has 0 radical (unpaired) electrons. The second-order valence-electron chi connectivity index (χ2n) is 6.69. The van der Waals surface area contributed by atoms with Crippen molar-refractivity contribution in [3.8, 4) is 36.3 Å². The lowest BCUT2D eigenvalue weighted by Crippen LogP contribution is -2.08. The van der Waals surface area contributed by atoms with E-state index in [-0.39, 0.29) is 5.75 Å². The number of aromatic hydroxyl groups is 1. The van der Waals surface area contributed by atoms with E-state index in [0.29, 0.717) is 24.2 Å². The zero-order chi connectivity index (χ0) is 23.5. The average molecular weight is 454 g/mol. The Bertz CT molecular complexity index is 1090. The lowest BCUT2D eigenvalue weighted by Gasteiger charge is -2.01. The molecule has 0 spiro atoms. The number of hydrogen-bond donors (Lipinski definition) is 4. The molecule has 7 nitrogen and oxygen atoms in total. The average Bonchev–Trinajstić information content (AvgIpc) is 3.57. The van der Waals surface area contributed by atoms with Crippen LogP contribution < -0.4 is 10.6 Å². The van der Waals surface area contributed by atoms with Gasteiger partial charge < -0.3 is 15.7 Å². The Kier molecular flexibility index (Phi) is 9.43. The van der Waals surface area contributed by atoms with Crippen molar-refractivity contribution in [2.75, 3.05) is 25.5 Å². The van der Waals surface area contributed by atoms with Crippen LogP contribution in [0.5, 0.6) is 5.75 Å². The third kappa shape index (κ3) is 6.42. The van der Waals surface area contributed by atoms with Gasteiger partial charge in [-0.05, 0) is 42.4 Å². The number of nitrogens with zero attached hydrogens (tertiary/aromatic N) is 3. The predicted octanol–water partition coefficient (Wildman–Crippen LogP) is 4.62. The molecule has 3 aromatic rings. The smallest absolute Gasteiger partial charge is 0.352 e. The summed E-state index contributed by atoms with van der Waals surface area (Å²) in [5, 5.41) is 23.8. The maximum Gasteiger partial charge on any atom is 0.352 e. The van der Waals surface area contributed by atoms with Crippen LogP contribution in [0.1, 0.15) is 22.6 Å². The summed E-state index contributed by atoms with van der Waals surface area (Å²) in [6.45, 7) is 8.89. The summed E-state index contributed by atoms with van der Waals surface area (Å²) in [6, 6.07) is 5.34. The minimum atomic E-state index is -0.565. The van der Waals surface area contributed by atoms with Crippen LogP contribution in [0.3, 0.4) is 0 Å². The van der Waals surface area contributed by atoms with E-state index in [1.165, 1.54) is 11.3 Å². The van der Waals surface area contributed by atoms with Crippen LogP contribution in [0, 0.1) is 26.3 Å². The highest BCUT2D eigenvalue weighted by molar-refractivity contribution is 7.16. The number of phenols is 1. The molecule has 1 aromatic carbocycles. The van der Waals surface area contributed by atoms with Gasteiger partial charge in [-0.25, -0.2) is 9.37 Å². The predicted molar refractivity (Wildman–Crippen MR) is 131 cm³/mol.